The second-order valence-electron chi connectivity index (χ2n) is 9.92. The van der Waals surface area contributed by atoms with E-state index in [0.29, 0.717) is 12.0 Å². The Balaban J connectivity index is 1.22. The molecule has 0 spiro atoms. The highest BCUT2D eigenvalue weighted by Gasteiger charge is 2.18. The van der Waals surface area contributed by atoms with E-state index in [1.807, 2.05) is 31.5 Å². The van der Waals surface area contributed by atoms with E-state index in [9.17, 15) is 9.59 Å². The zero-order chi connectivity index (χ0) is 26.2. The van der Waals surface area contributed by atoms with Gasteiger partial charge in [0.15, 0.2) is 0 Å². The van der Waals surface area contributed by atoms with Gasteiger partial charge in [0.1, 0.15) is 5.82 Å². The molecule has 0 aliphatic carbocycles. The van der Waals surface area contributed by atoms with Gasteiger partial charge in [-0.15, -0.1) is 0 Å². The summed E-state index contributed by atoms with van der Waals surface area (Å²) in [6.07, 6.45) is 10.8. The number of anilines is 1. The van der Waals surface area contributed by atoms with E-state index in [2.05, 4.69) is 26.9 Å². The average Bonchev–Trinajstić information content (AvgIpc) is 3.30. The number of hydrogen-bond acceptors (Lipinski definition) is 6. The van der Waals surface area contributed by atoms with Crippen molar-refractivity contribution >= 4 is 28.5 Å². The molecule has 0 atom stereocenters. The number of fused-ring (bicyclic) bond motifs is 1. The summed E-state index contributed by atoms with van der Waals surface area (Å²) < 4.78 is 0. The second-order valence-corrected chi connectivity index (χ2v) is 9.92. The SMILES string of the molecule is Cc1c[nH]c2cc(-c3ccc(N4CCN(CCCCCCCCC(=O)NO)CC4)nc3)cc(C(N)=O)c12. The number of pyridine rings is 1. The first-order valence-corrected chi connectivity index (χ1v) is 13.2. The summed E-state index contributed by atoms with van der Waals surface area (Å²) in [4.78, 5) is 35.9. The lowest BCUT2D eigenvalue weighted by Crippen LogP contribution is -2.46. The Bertz CT molecular complexity index is 1200. The number of aromatic amines is 1. The number of carbonyl (C=O) groups excluding carboxylic acids is 2. The number of hydrogen-bond donors (Lipinski definition) is 4. The number of aromatic nitrogens is 2. The average molecular weight is 507 g/mol. The molecule has 1 aliphatic rings. The van der Waals surface area contributed by atoms with E-state index >= 15 is 0 Å². The molecule has 5 N–H and O–H groups in total. The number of H-pyrrole nitrogens is 1. The molecular weight excluding hydrogens is 468 g/mol. The van der Waals surface area contributed by atoms with Gasteiger partial charge in [0.2, 0.25) is 11.8 Å². The molecule has 0 radical (unpaired) electrons. The predicted octanol–water partition coefficient (Wildman–Crippen LogP) is 4.00. The van der Waals surface area contributed by atoms with E-state index in [0.717, 1.165) is 85.4 Å². The standard InChI is InChI=1S/C28H38N6O3/c1-20-18-30-24-17-22(16-23(27(20)24)28(29)36)21-9-10-25(31-19-21)34-14-12-33(13-15-34)11-7-5-3-2-4-6-8-26(35)32-37/h9-10,16-19,30,37H,2-8,11-15H2,1H3,(H2,29,36)(H,32,35). The molecule has 198 valence electrons. The number of piperazine rings is 1. The van der Waals surface area contributed by atoms with Gasteiger partial charge < -0.3 is 15.6 Å². The van der Waals surface area contributed by atoms with Crippen LogP contribution in [-0.4, -0.2) is 64.6 Å². The first-order valence-electron chi connectivity index (χ1n) is 13.2. The number of nitrogens with one attached hydrogen (secondary N) is 2. The largest absolute Gasteiger partial charge is 0.366 e. The fourth-order valence-electron chi connectivity index (χ4n) is 5.13. The summed E-state index contributed by atoms with van der Waals surface area (Å²) >= 11 is 0. The van der Waals surface area contributed by atoms with Crippen LogP contribution in [0.4, 0.5) is 5.82 Å². The topological polar surface area (TPSA) is 128 Å². The molecule has 1 aromatic carbocycles. The van der Waals surface area contributed by atoms with E-state index in [1.165, 1.54) is 19.3 Å². The van der Waals surface area contributed by atoms with E-state index in [-0.39, 0.29) is 5.91 Å². The van der Waals surface area contributed by atoms with Gasteiger partial charge in [0, 0.05) is 67.0 Å². The van der Waals surface area contributed by atoms with Crippen LogP contribution in [0, 0.1) is 6.92 Å². The molecule has 0 saturated carbocycles. The smallest absolute Gasteiger partial charge is 0.249 e. The zero-order valence-corrected chi connectivity index (χ0v) is 21.6. The number of nitrogens with two attached hydrogens (primary N) is 1. The molecule has 0 unspecified atom stereocenters. The predicted molar refractivity (Wildman–Crippen MR) is 146 cm³/mol. The van der Waals surface area contributed by atoms with Gasteiger partial charge in [-0.25, -0.2) is 10.5 Å². The normalized spacial score (nSPS) is 14.3. The highest BCUT2D eigenvalue weighted by molar-refractivity contribution is 6.08. The van der Waals surface area contributed by atoms with Crippen LogP contribution in [0.15, 0.2) is 36.7 Å². The lowest BCUT2D eigenvalue weighted by Gasteiger charge is -2.35. The quantitative estimate of drug-likeness (QED) is 0.167. The van der Waals surface area contributed by atoms with Crippen molar-refractivity contribution in [2.45, 2.75) is 51.9 Å². The number of benzene rings is 1. The van der Waals surface area contributed by atoms with E-state index in [4.69, 9.17) is 15.9 Å². The van der Waals surface area contributed by atoms with Crippen molar-refractivity contribution in [2.75, 3.05) is 37.6 Å². The van der Waals surface area contributed by atoms with Crippen LogP contribution < -0.4 is 16.1 Å². The number of primary amides is 1. The van der Waals surface area contributed by atoms with Crippen molar-refractivity contribution in [2.24, 2.45) is 5.73 Å². The molecule has 3 heterocycles. The Morgan fingerprint density at radius 2 is 1.76 bits per heavy atom. The minimum atomic E-state index is -0.429. The van der Waals surface area contributed by atoms with Crippen molar-refractivity contribution in [3.05, 3.63) is 47.8 Å². The third-order valence-electron chi connectivity index (χ3n) is 7.27. The maximum absolute atomic E-state index is 12.1. The number of hydroxylamine groups is 1. The summed E-state index contributed by atoms with van der Waals surface area (Å²) in [6.45, 7) is 7.07. The molecule has 1 fully saturated rings. The monoisotopic (exact) mass is 506 g/mol. The second kappa shape index (κ2) is 12.7. The summed E-state index contributed by atoms with van der Waals surface area (Å²) in [5.41, 5.74) is 11.6. The summed E-state index contributed by atoms with van der Waals surface area (Å²) in [5, 5.41) is 9.37. The van der Waals surface area contributed by atoms with Crippen molar-refractivity contribution in [1.82, 2.24) is 20.3 Å². The summed E-state index contributed by atoms with van der Waals surface area (Å²) in [7, 11) is 0. The van der Waals surface area contributed by atoms with Gasteiger partial charge in [-0.2, -0.15) is 0 Å². The molecule has 3 aromatic rings. The van der Waals surface area contributed by atoms with Crippen LogP contribution in [-0.2, 0) is 4.79 Å². The van der Waals surface area contributed by atoms with Crippen molar-refractivity contribution in [3.8, 4) is 11.1 Å². The maximum atomic E-state index is 12.1. The highest BCUT2D eigenvalue weighted by atomic mass is 16.5. The summed E-state index contributed by atoms with van der Waals surface area (Å²) in [6, 6.07) is 8.02. The number of amides is 2. The number of nitrogens with zero attached hydrogens (tertiary/aromatic N) is 3. The Labute approximate surface area is 218 Å². The Kier molecular flexibility index (Phi) is 9.14. The molecule has 2 amide bonds. The Morgan fingerprint density at radius 3 is 2.43 bits per heavy atom. The van der Waals surface area contributed by atoms with Gasteiger partial charge in [0.05, 0.1) is 0 Å². The minimum absolute atomic E-state index is 0.298. The number of aryl methyl sites for hydroxylation is 1. The van der Waals surface area contributed by atoms with Gasteiger partial charge >= 0.3 is 0 Å². The lowest BCUT2D eigenvalue weighted by molar-refractivity contribution is -0.129. The van der Waals surface area contributed by atoms with Gasteiger partial charge in [-0.1, -0.05) is 25.7 Å². The van der Waals surface area contributed by atoms with Crippen LogP contribution >= 0.6 is 0 Å². The van der Waals surface area contributed by atoms with E-state index < -0.39 is 5.91 Å². The maximum Gasteiger partial charge on any atom is 0.249 e. The molecule has 37 heavy (non-hydrogen) atoms. The molecule has 0 bridgehead atoms. The Morgan fingerprint density at radius 1 is 1.03 bits per heavy atom. The third-order valence-corrected chi connectivity index (χ3v) is 7.27. The van der Waals surface area contributed by atoms with Crippen LogP contribution in [0.25, 0.3) is 22.0 Å². The molecule has 4 rings (SSSR count). The lowest BCUT2D eigenvalue weighted by atomic mass is 9.99. The third kappa shape index (κ3) is 6.87. The fraction of sp³-hybridized carbons (Fsp3) is 0.464. The van der Waals surface area contributed by atoms with Gasteiger partial charge in [-0.3, -0.25) is 19.7 Å². The molecule has 9 heteroatoms. The molecule has 9 nitrogen and oxygen atoms in total. The van der Waals surface area contributed by atoms with Crippen molar-refractivity contribution < 1.29 is 14.8 Å². The van der Waals surface area contributed by atoms with Crippen molar-refractivity contribution in [3.63, 3.8) is 0 Å². The Hall–Kier alpha value is -3.43. The fourth-order valence-corrected chi connectivity index (χ4v) is 5.13. The van der Waals surface area contributed by atoms with Gasteiger partial charge in [0.25, 0.3) is 0 Å². The number of rotatable bonds is 12. The number of unbranched alkanes of at least 4 members (excludes halogenated alkanes) is 5. The van der Waals surface area contributed by atoms with Crippen LogP contribution in [0.2, 0.25) is 0 Å². The zero-order valence-electron chi connectivity index (χ0n) is 21.6. The first kappa shape index (κ1) is 26.6. The van der Waals surface area contributed by atoms with E-state index in [1.54, 1.807) is 5.48 Å². The van der Waals surface area contributed by atoms with Crippen molar-refractivity contribution in [1.29, 1.82) is 0 Å². The molecule has 2 aromatic heterocycles. The minimum Gasteiger partial charge on any atom is -0.366 e. The van der Waals surface area contributed by atoms with Crippen LogP contribution in [0.5, 0.6) is 0 Å². The highest BCUT2D eigenvalue weighted by Crippen LogP contribution is 2.30. The molecular formula is C28H38N6O3. The van der Waals surface area contributed by atoms with Crippen LogP contribution in [0.1, 0.15) is 60.9 Å². The first-order chi connectivity index (χ1) is 18.0. The summed E-state index contributed by atoms with van der Waals surface area (Å²) in [5.74, 6) is 0.250. The number of carbonyl (C=O) groups is 2. The van der Waals surface area contributed by atoms with Crippen LogP contribution in [0.3, 0.4) is 0 Å². The van der Waals surface area contributed by atoms with Gasteiger partial charge in [-0.05, 0) is 61.7 Å². The molecule has 1 saturated heterocycles. The molecule has 1 aliphatic heterocycles.